The number of ether oxygens (including phenoxy) is 1. The zero-order chi connectivity index (χ0) is 13.8. The summed E-state index contributed by atoms with van der Waals surface area (Å²) in [7, 11) is 1.62. The van der Waals surface area contributed by atoms with Gasteiger partial charge in [-0.3, -0.25) is 4.79 Å². The molecule has 18 heavy (non-hydrogen) atoms. The van der Waals surface area contributed by atoms with Crippen molar-refractivity contribution in [2.75, 3.05) is 7.11 Å². The van der Waals surface area contributed by atoms with E-state index in [0.717, 1.165) is 11.3 Å². The van der Waals surface area contributed by atoms with Crippen molar-refractivity contribution in [3.05, 3.63) is 29.8 Å². The lowest BCUT2D eigenvalue weighted by Crippen LogP contribution is -2.34. The first-order valence-corrected chi connectivity index (χ1v) is 6.18. The summed E-state index contributed by atoms with van der Waals surface area (Å²) in [5.74, 6) is 0.707. The Hall–Kier alpha value is -1.35. The molecule has 1 atom stereocenters. The Balaban J connectivity index is 2.52. The second-order valence-electron chi connectivity index (χ2n) is 5.58. The molecule has 0 aromatic heterocycles. The van der Waals surface area contributed by atoms with Crippen LogP contribution in [-0.2, 0) is 11.2 Å². The maximum absolute atomic E-state index is 11.8. The second-order valence-corrected chi connectivity index (χ2v) is 5.58. The van der Waals surface area contributed by atoms with Gasteiger partial charge in [0.15, 0.2) is 5.78 Å². The molecule has 3 nitrogen and oxygen atoms in total. The first-order valence-electron chi connectivity index (χ1n) is 6.18. The molecule has 0 amide bonds. The topological polar surface area (TPSA) is 46.5 Å². The predicted octanol–water partition coefficient (Wildman–Crippen LogP) is 2.60. The van der Waals surface area contributed by atoms with E-state index in [1.165, 1.54) is 0 Å². The third-order valence-electron chi connectivity index (χ3n) is 2.94. The van der Waals surface area contributed by atoms with E-state index in [1.54, 1.807) is 7.11 Å². The van der Waals surface area contributed by atoms with E-state index in [9.17, 15) is 9.90 Å². The van der Waals surface area contributed by atoms with E-state index in [2.05, 4.69) is 0 Å². The van der Waals surface area contributed by atoms with Crippen molar-refractivity contribution in [1.29, 1.82) is 0 Å². The number of carbonyl (C=O) groups is 1. The molecule has 0 spiro atoms. The van der Waals surface area contributed by atoms with E-state index in [-0.39, 0.29) is 5.78 Å². The van der Waals surface area contributed by atoms with Gasteiger partial charge in [-0.15, -0.1) is 0 Å². The molecule has 0 aliphatic heterocycles. The van der Waals surface area contributed by atoms with E-state index in [1.807, 2.05) is 45.0 Å². The second kappa shape index (κ2) is 6.01. The van der Waals surface area contributed by atoms with Crippen LogP contribution in [0, 0.1) is 5.41 Å². The van der Waals surface area contributed by atoms with Gasteiger partial charge in [0.25, 0.3) is 0 Å². The van der Waals surface area contributed by atoms with E-state index >= 15 is 0 Å². The smallest absolute Gasteiger partial charge is 0.162 e. The third-order valence-corrected chi connectivity index (χ3v) is 2.94. The van der Waals surface area contributed by atoms with Gasteiger partial charge < -0.3 is 9.84 Å². The lowest BCUT2D eigenvalue weighted by molar-refractivity contribution is -0.132. The van der Waals surface area contributed by atoms with Crippen molar-refractivity contribution in [2.24, 2.45) is 5.41 Å². The number of hydrogen-bond donors (Lipinski definition) is 1. The van der Waals surface area contributed by atoms with Gasteiger partial charge in [-0.2, -0.15) is 0 Å². The van der Waals surface area contributed by atoms with Crippen LogP contribution < -0.4 is 4.74 Å². The first-order chi connectivity index (χ1) is 8.34. The molecule has 0 radical (unpaired) electrons. The number of Topliss-reactive ketones (excluding diaryl/α,β-unsaturated/α-hetero) is 1. The van der Waals surface area contributed by atoms with Crippen LogP contribution in [0.2, 0.25) is 0 Å². The summed E-state index contributed by atoms with van der Waals surface area (Å²) < 4.78 is 5.07. The number of hydrogen-bond acceptors (Lipinski definition) is 3. The minimum Gasteiger partial charge on any atom is -0.497 e. The fraction of sp³-hybridized carbons (Fsp3) is 0.533. The van der Waals surface area contributed by atoms with Gasteiger partial charge in [0, 0.05) is 6.42 Å². The Labute approximate surface area is 109 Å². The number of benzene rings is 1. The molecular weight excluding hydrogens is 228 g/mol. The van der Waals surface area contributed by atoms with Crippen LogP contribution >= 0.6 is 0 Å². The summed E-state index contributed by atoms with van der Waals surface area (Å²) >= 11 is 0. The first kappa shape index (κ1) is 14.7. The lowest BCUT2D eigenvalue weighted by Gasteiger charge is -2.24. The SMILES string of the molecule is COc1ccc(CCC(=O)C(O)C(C)(C)C)cc1. The molecule has 0 bridgehead atoms. The fourth-order valence-corrected chi connectivity index (χ4v) is 1.68. The normalized spacial score (nSPS) is 13.2. The molecule has 0 saturated heterocycles. The highest BCUT2D eigenvalue weighted by atomic mass is 16.5. The molecule has 1 aromatic carbocycles. The summed E-state index contributed by atoms with van der Waals surface area (Å²) in [4.78, 5) is 11.8. The van der Waals surface area contributed by atoms with Crippen LogP contribution in [0.1, 0.15) is 32.8 Å². The third kappa shape index (κ3) is 4.15. The quantitative estimate of drug-likeness (QED) is 0.873. The molecule has 0 aliphatic rings. The Morgan fingerprint density at radius 1 is 1.28 bits per heavy atom. The number of methoxy groups -OCH3 is 1. The lowest BCUT2D eigenvalue weighted by atomic mass is 9.85. The maximum Gasteiger partial charge on any atom is 0.162 e. The number of aliphatic hydroxyl groups excluding tert-OH is 1. The van der Waals surface area contributed by atoms with Gasteiger partial charge in [0.1, 0.15) is 11.9 Å². The largest absolute Gasteiger partial charge is 0.497 e. The van der Waals surface area contributed by atoms with Crippen LogP contribution in [0.15, 0.2) is 24.3 Å². The van der Waals surface area contributed by atoms with Crippen LogP contribution in [0.4, 0.5) is 0 Å². The van der Waals surface area contributed by atoms with Crippen molar-refractivity contribution >= 4 is 5.78 Å². The molecule has 0 aliphatic carbocycles. The minimum atomic E-state index is -0.893. The molecule has 3 heteroatoms. The van der Waals surface area contributed by atoms with Gasteiger partial charge in [-0.25, -0.2) is 0 Å². The van der Waals surface area contributed by atoms with Gasteiger partial charge in [-0.1, -0.05) is 32.9 Å². The number of carbonyl (C=O) groups excluding carboxylic acids is 1. The summed E-state index contributed by atoms with van der Waals surface area (Å²) in [5, 5.41) is 9.84. The maximum atomic E-state index is 11.8. The average molecular weight is 250 g/mol. The Morgan fingerprint density at radius 3 is 2.28 bits per heavy atom. The van der Waals surface area contributed by atoms with Crippen LogP contribution in [-0.4, -0.2) is 24.1 Å². The van der Waals surface area contributed by atoms with Crippen LogP contribution in [0.5, 0.6) is 5.75 Å². The highest BCUT2D eigenvalue weighted by Crippen LogP contribution is 2.21. The molecule has 0 saturated carbocycles. The number of rotatable bonds is 5. The molecule has 1 rings (SSSR count). The van der Waals surface area contributed by atoms with Gasteiger partial charge in [-0.05, 0) is 29.5 Å². The van der Waals surface area contributed by atoms with Crippen molar-refractivity contribution in [2.45, 2.75) is 39.7 Å². The summed E-state index contributed by atoms with van der Waals surface area (Å²) in [6.45, 7) is 5.59. The number of aryl methyl sites for hydroxylation is 1. The van der Waals surface area contributed by atoms with E-state index in [0.29, 0.717) is 12.8 Å². The number of ketones is 1. The monoisotopic (exact) mass is 250 g/mol. The summed E-state index contributed by atoms with van der Waals surface area (Å²) in [5.41, 5.74) is 0.682. The Kier molecular flexibility index (Phi) is 4.91. The zero-order valence-corrected chi connectivity index (χ0v) is 11.6. The summed E-state index contributed by atoms with van der Waals surface area (Å²) in [6.07, 6.45) is 0.122. The molecule has 1 unspecified atom stereocenters. The highest BCUT2D eigenvalue weighted by Gasteiger charge is 2.28. The van der Waals surface area contributed by atoms with Crippen LogP contribution in [0.25, 0.3) is 0 Å². The Bertz CT molecular complexity index is 387. The molecule has 1 aromatic rings. The van der Waals surface area contributed by atoms with Gasteiger partial charge in [0.2, 0.25) is 0 Å². The average Bonchev–Trinajstić information content (AvgIpc) is 2.34. The van der Waals surface area contributed by atoms with Gasteiger partial charge >= 0.3 is 0 Å². The van der Waals surface area contributed by atoms with Gasteiger partial charge in [0.05, 0.1) is 7.11 Å². The number of aliphatic hydroxyl groups is 1. The molecule has 1 N–H and O–H groups in total. The standard InChI is InChI=1S/C15H22O3/c1-15(2,3)14(17)13(16)10-7-11-5-8-12(18-4)9-6-11/h5-6,8-9,14,17H,7,10H2,1-4H3. The van der Waals surface area contributed by atoms with Crippen molar-refractivity contribution < 1.29 is 14.6 Å². The summed E-state index contributed by atoms with van der Waals surface area (Å²) in [6, 6.07) is 7.63. The molecule has 0 heterocycles. The van der Waals surface area contributed by atoms with E-state index in [4.69, 9.17) is 4.74 Å². The highest BCUT2D eigenvalue weighted by molar-refractivity contribution is 5.83. The molecule has 0 fully saturated rings. The van der Waals surface area contributed by atoms with Crippen molar-refractivity contribution in [3.63, 3.8) is 0 Å². The predicted molar refractivity (Wildman–Crippen MR) is 71.8 cm³/mol. The van der Waals surface area contributed by atoms with Crippen molar-refractivity contribution in [3.8, 4) is 5.75 Å². The molecule has 100 valence electrons. The van der Waals surface area contributed by atoms with E-state index < -0.39 is 11.5 Å². The van der Waals surface area contributed by atoms with Crippen LogP contribution in [0.3, 0.4) is 0 Å². The molecular formula is C15H22O3. The Morgan fingerprint density at radius 2 is 1.83 bits per heavy atom. The minimum absolute atomic E-state index is 0.0988. The zero-order valence-electron chi connectivity index (χ0n) is 11.6. The van der Waals surface area contributed by atoms with Crippen molar-refractivity contribution in [1.82, 2.24) is 0 Å². The fourth-order valence-electron chi connectivity index (χ4n) is 1.68.